The van der Waals surface area contributed by atoms with Crippen LogP contribution in [0.1, 0.15) is 37.8 Å². The van der Waals surface area contributed by atoms with Gasteiger partial charge < -0.3 is 15.0 Å². The zero-order valence-electron chi connectivity index (χ0n) is 18.6. The number of benzene rings is 2. The smallest absolute Gasteiger partial charge is 0.246 e. The predicted octanol–water partition coefficient (Wildman–Crippen LogP) is 3.83. The molecule has 0 aliphatic carbocycles. The second kappa shape index (κ2) is 11.7. The Labute approximate surface area is 185 Å². The van der Waals surface area contributed by atoms with Crippen molar-refractivity contribution in [2.45, 2.75) is 45.8 Å². The maximum atomic E-state index is 13.1. The van der Waals surface area contributed by atoms with Crippen LogP contribution in [0.3, 0.4) is 0 Å². The van der Waals surface area contributed by atoms with Gasteiger partial charge >= 0.3 is 0 Å². The lowest BCUT2D eigenvalue weighted by Crippen LogP contribution is -2.53. The molecule has 2 aromatic rings. The van der Waals surface area contributed by atoms with E-state index in [-0.39, 0.29) is 24.3 Å². The van der Waals surface area contributed by atoms with Crippen molar-refractivity contribution in [3.63, 3.8) is 0 Å². The fourth-order valence-corrected chi connectivity index (χ4v) is 4.07. The lowest BCUT2D eigenvalue weighted by molar-refractivity contribution is -0.140. The Balaban J connectivity index is 1.44. The Bertz CT molecular complexity index is 815. The lowest BCUT2D eigenvalue weighted by Gasteiger charge is -2.35. The van der Waals surface area contributed by atoms with Gasteiger partial charge in [0.1, 0.15) is 12.6 Å². The van der Waals surface area contributed by atoms with Crippen LogP contribution in [0.4, 0.5) is 0 Å². The van der Waals surface area contributed by atoms with E-state index in [1.807, 2.05) is 55.1 Å². The molecule has 0 radical (unpaired) electrons. The molecule has 2 aromatic carbocycles. The third-order valence-electron chi connectivity index (χ3n) is 5.89. The number of hydrogen-bond acceptors (Lipinski definition) is 3. The van der Waals surface area contributed by atoms with E-state index in [1.165, 1.54) is 5.56 Å². The van der Waals surface area contributed by atoms with Crippen LogP contribution in [-0.2, 0) is 27.4 Å². The number of carbonyl (C=O) groups excluding carboxylic acids is 2. The molecular formula is C26H34N2O3. The first-order valence-electron chi connectivity index (χ1n) is 11.3. The van der Waals surface area contributed by atoms with Crippen LogP contribution in [0.25, 0.3) is 0 Å². The first-order chi connectivity index (χ1) is 15.0. The van der Waals surface area contributed by atoms with E-state index >= 15 is 0 Å². The molecule has 5 nitrogen and oxygen atoms in total. The number of piperidine rings is 1. The number of likely N-dealkylation sites (tertiary alicyclic amines) is 1. The fourth-order valence-electron chi connectivity index (χ4n) is 4.07. The van der Waals surface area contributed by atoms with Gasteiger partial charge in [0.05, 0.1) is 6.61 Å². The second-order valence-electron chi connectivity index (χ2n) is 8.73. The Kier molecular flexibility index (Phi) is 8.65. The van der Waals surface area contributed by atoms with E-state index in [4.69, 9.17) is 4.74 Å². The molecule has 0 saturated carbocycles. The van der Waals surface area contributed by atoms with E-state index in [0.29, 0.717) is 12.5 Å². The molecule has 5 heteroatoms. The van der Waals surface area contributed by atoms with Gasteiger partial charge in [0.25, 0.3) is 0 Å². The van der Waals surface area contributed by atoms with Gasteiger partial charge in [-0.15, -0.1) is 0 Å². The number of amides is 2. The van der Waals surface area contributed by atoms with Crippen molar-refractivity contribution >= 4 is 11.8 Å². The summed E-state index contributed by atoms with van der Waals surface area (Å²) in [4.78, 5) is 27.4. The number of hydrogen-bond donors (Lipinski definition) is 1. The van der Waals surface area contributed by atoms with Gasteiger partial charge in [-0.1, -0.05) is 74.5 Å². The molecule has 1 atom stereocenters. The highest BCUT2D eigenvalue weighted by molar-refractivity contribution is 5.88. The topological polar surface area (TPSA) is 58.6 Å². The molecule has 31 heavy (non-hydrogen) atoms. The fraction of sp³-hybridized carbons (Fsp3) is 0.462. The average molecular weight is 423 g/mol. The van der Waals surface area contributed by atoms with Crippen LogP contribution in [0.2, 0.25) is 0 Å². The number of ether oxygens (including phenoxy) is 1. The van der Waals surface area contributed by atoms with Gasteiger partial charge in [-0.05, 0) is 42.2 Å². The lowest BCUT2D eigenvalue weighted by atomic mass is 9.89. The van der Waals surface area contributed by atoms with Crippen LogP contribution in [0.15, 0.2) is 60.7 Å². The Hall–Kier alpha value is -2.66. The van der Waals surface area contributed by atoms with Gasteiger partial charge in [-0.25, -0.2) is 0 Å². The minimum Gasteiger partial charge on any atom is -0.367 e. The third-order valence-corrected chi connectivity index (χ3v) is 5.89. The zero-order valence-corrected chi connectivity index (χ0v) is 18.6. The molecule has 1 unspecified atom stereocenters. The van der Waals surface area contributed by atoms with E-state index in [0.717, 1.165) is 37.9 Å². The summed E-state index contributed by atoms with van der Waals surface area (Å²) in [5, 5.41) is 2.90. The van der Waals surface area contributed by atoms with Gasteiger partial charge in [0, 0.05) is 13.1 Å². The van der Waals surface area contributed by atoms with E-state index in [1.54, 1.807) is 0 Å². The molecule has 0 spiro atoms. The maximum Gasteiger partial charge on any atom is 0.246 e. The van der Waals surface area contributed by atoms with Gasteiger partial charge in [0.2, 0.25) is 11.8 Å². The van der Waals surface area contributed by atoms with Crippen LogP contribution in [0, 0.1) is 11.8 Å². The molecular weight excluding hydrogens is 388 g/mol. The Morgan fingerprint density at radius 3 is 2.13 bits per heavy atom. The molecule has 1 fully saturated rings. The van der Waals surface area contributed by atoms with Gasteiger partial charge in [-0.2, -0.15) is 0 Å². The highest BCUT2D eigenvalue weighted by atomic mass is 16.5. The number of nitrogens with zero attached hydrogens (tertiary/aromatic N) is 1. The molecule has 1 N–H and O–H groups in total. The summed E-state index contributed by atoms with van der Waals surface area (Å²) < 4.78 is 5.52. The molecule has 0 bridgehead atoms. The zero-order chi connectivity index (χ0) is 22.1. The minimum absolute atomic E-state index is 0.0181. The molecule has 1 aliphatic rings. The van der Waals surface area contributed by atoms with Crippen LogP contribution >= 0.6 is 0 Å². The standard InChI is InChI=1S/C26H34N2O3/c1-20(2)25(27-24(29)19-31-18-23-11-7-4-8-12-23)26(30)28-15-13-22(14-16-28)17-21-9-5-3-6-10-21/h3-12,20,22,25H,13-19H2,1-2H3,(H,27,29). The van der Waals surface area contributed by atoms with Crippen LogP contribution < -0.4 is 5.32 Å². The molecule has 0 aromatic heterocycles. The van der Waals surface area contributed by atoms with Crippen molar-refractivity contribution in [3.05, 3.63) is 71.8 Å². The van der Waals surface area contributed by atoms with Crippen molar-refractivity contribution in [1.29, 1.82) is 0 Å². The van der Waals surface area contributed by atoms with Crippen molar-refractivity contribution in [3.8, 4) is 0 Å². The Morgan fingerprint density at radius 1 is 0.968 bits per heavy atom. The van der Waals surface area contributed by atoms with E-state index < -0.39 is 6.04 Å². The second-order valence-corrected chi connectivity index (χ2v) is 8.73. The van der Waals surface area contributed by atoms with E-state index in [2.05, 4.69) is 29.6 Å². The molecule has 2 amide bonds. The monoisotopic (exact) mass is 422 g/mol. The van der Waals surface area contributed by atoms with Crippen molar-refractivity contribution in [2.24, 2.45) is 11.8 Å². The molecule has 166 valence electrons. The van der Waals surface area contributed by atoms with Crippen LogP contribution in [0.5, 0.6) is 0 Å². The third kappa shape index (κ3) is 7.21. The quantitative estimate of drug-likeness (QED) is 0.668. The summed E-state index contributed by atoms with van der Waals surface area (Å²) in [6, 6.07) is 19.8. The van der Waals surface area contributed by atoms with E-state index in [9.17, 15) is 9.59 Å². The summed E-state index contributed by atoms with van der Waals surface area (Å²) >= 11 is 0. The van der Waals surface area contributed by atoms with Gasteiger partial charge in [-0.3, -0.25) is 9.59 Å². The first-order valence-corrected chi connectivity index (χ1v) is 11.3. The summed E-state index contributed by atoms with van der Waals surface area (Å²) in [5.74, 6) is 0.393. The van der Waals surface area contributed by atoms with Crippen molar-refractivity contribution in [2.75, 3.05) is 19.7 Å². The number of rotatable bonds is 9. The summed E-state index contributed by atoms with van der Waals surface area (Å²) in [5.41, 5.74) is 2.38. The minimum atomic E-state index is -0.515. The summed E-state index contributed by atoms with van der Waals surface area (Å²) in [6.07, 6.45) is 3.06. The Morgan fingerprint density at radius 2 is 1.55 bits per heavy atom. The summed E-state index contributed by atoms with van der Waals surface area (Å²) in [7, 11) is 0. The average Bonchev–Trinajstić information content (AvgIpc) is 2.79. The molecule has 3 rings (SSSR count). The number of carbonyl (C=O) groups is 2. The molecule has 1 heterocycles. The predicted molar refractivity (Wildman–Crippen MR) is 122 cm³/mol. The number of nitrogens with one attached hydrogen (secondary N) is 1. The van der Waals surface area contributed by atoms with Gasteiger partial charge in [0.15, 0.2) is 0 Å². The normalized spacial score (nSPS) is 15.6. The molecule has 1 aliphatic heterocycles. The highest BCUT2D eigenvalue weighted by Crippen LogP contribution is 2.22. The SMILES string of the molecule is CC(C)C(NC(=O)COCc1ccccc1)C(=O)N1CCC(Cc2ccccc2)CC1. The maximum absolute atomic E-state index is 13.1. The van der Waals surface area contributed by atoms with Crippen LogP contribution in [-0.4, -0.2) is 42.5 Å². The molecule has 1 saturated heterocycles. The highest BCUT2D eigenvalue weighted by Gasteiger charge is 2.31. The first kappa shape index (κ1) is 23.0. The summed E-state index contributed by atoms with van der Waals surface area (Å²) in [6.45, 7) is 5.76. The van der Waals surface area contributed by atoms with Crippen molar-refractivity contribution in [1.82, 2.24) is 10.2 Å². The largest absolute Gasteiger partial charge is 0.367 e. The van der Waals surface area contributed by atoms with Crippen molar-refractivity contribution < 1.29 is 14.3 Å².